The lowest BCUT2D eigenvalue weighted by Gasteiger charge is -2.16. The van der Waals surface area contributed by atoms with E-state index in [1.54, 1.807) is 0 Å². The van der Waals surface area contributed by atoms with Crippen LogP contribution in [-0.2, 0) is 29.2 Å². The van der Waals surface area contributed by atoms with Gasteiger partial charge in [-0.15, -0.1) is 0 Å². The van der Waals surface area contributed by atoms with E-state index in [0.29, 0.717) is 12.4 Å². The zero-order valence-corrected chi connectivity index (χ0v) is 16.5. The third kappa shape index (κ3) is 6.67. The second-order valence-corrected chi connectivity index (χ2v) is 6.78. The molecule has 0 aliphatic rings. The number of hydrogen-bond acceptors (Lipinski definition) is 4. The first-order valence-electron chi connectivity index (χ1n) is 9.62. The molecule has 0 bridgehead atoms. The number of rotatable bonds is 9. The molecule has 1 atom stereocenters. The highest BCUT2D eigenvalue weighted by atomic mass is 16.5. The van der Waals surface area contributed by atoms with Gasteiger partial charge in [0.1, 0.15) is 25.0 Å². The van der Waals surface area contributed by atoms with Gasteiger partial charge in [0.05, 0.1) is 0 Å². The third-order valence-corrected chi connectivity index (χ3v) is 4.46. The normalized spacial score (nSPS) is 11.3. The fourth-order valence-corrected chi connectivity index (χ4v) is 2.83. The van der Waals surface area contributed by atoms with Gasteiger partial charge in [0.2, 0.25) is 5.91 Å². The van der Waals surface area contributed by atoms with Crippen LogP contribution in [0, 0.1) is 0 Å². The van der Waals surface area contributed by atoms with Gasteiger partial charge in [-0.25, -0.2) is 4.79 Å². The Morgan fingerprint density at radius 3 is 1.90 bits per heavy atom. The molecule has 6 nitrogen and oxygen atoms in total. The largest absolute Gasteiger partial charge is 0.489 e. The molecule has 1 unspecified atom stereocenters. The quantitative estimate of drug-likeness (QED) is 0.570. The number of amides is 2. The summed E-state index contributed by atoms with van der Waals surface area (Å²) in [4.78, 5) is 23.8. The summed E-state index contributed by atoms with van der Waals surface area (Å²) in [6.45, 7) is 0.588. The average Bonchev–Trinajstić information content (AvgIpc) is 2.78. The van der Waals surface area contributed by atoms with Crippen LogP contribution < -0.4 is 15.8 Å². The second kappa shape index (κ2) is 10.7. The summed E-state index contributed by atoms with van der Waals surface area (Å²) in [5, 5.41) is 2.53. The third-order valence-electron chi connectivity index (χ3n) is 4.46. The zero-order chi connectivity index (χ0) is 21.2. The van der Waals surface area contributed by atoms with Crippen molar-refractivity contribution in [2.75, 3.05) is 0 Å². The maximum absolute atomic E-state index is 12.0. The zero-order valence-electron chi connectivity index (χ0n) is 16.5. The van der Waals surface area contributed by atoms with Crippen molar-refractivity contribution in [2.45, 2.75) is 25.7 Å². The minimum Gasteiger partial charge on any atom is -0.489 e. The SMILES string of the molecule is NC(=O)C(Cc1ccc(OCc2ccccc2)cc1)NC(=O)OCc1ccccc1. The van der Waals surface area contributed by atoms with Crippen molar-refractivity contribution in [3.63, 3.8) is 0 Å². The summed E-state index contributed by atoms with van der Waals surface area (Å²) in [5.74, 6) is 0.0875. The van der Waals surface area contributed by atoms with E-state index in [4.69, 9.17) is 15.2 Å². The molecule has 0 aliphatic carbocycles. The number of nitrogens with two attached hydrogens (primary N) is 1. The fourth-order valence-electron chi connectivity index (χ4n) is 2.83. The van der Waals surface area contributed by atoms with Crippen molar-refractivity contribution in [3.05, 3.63) is 102 Å². The number of primary amides is 1. The van der Waals surface area contributed by atoms with Gasteiger partial charge >= 0.3 is 6.09 Å². The highest BCUT2D eigenvalue weighted by Gasteiger charge is 2.19. The first kappa shape index (κ1) is 20.9. The summed E-state index contributed by atoms with van der Waals surface area (Å²) in [5.41, 5.74) is 8.22. The predicted molar refractivity (Wildman–Crippen MR) is 114 cm³/mol. The number of nitrogens with one attached hydrogen (secondary N) is 1. The molecule has 0 saturated heterocycles. The summed E-state index contributed by atoms with van der Waals surface area (Å²) in [6, 6.07) is 25.6. The summed E-state index contributed by atoms with van der Waals surface area (Å²) in [6.07, 6.45) is -0.431. The first-order chi connectivity index (χ1) is 14.6. The van der Waals surface area contributed by atoms with Crippen LogP contribution in [0.15, 0.2) is 84.9 Å². The summed E-state index contributed by atoms with van der Waals surface area (Å²) < 4.78 is 10.9. The molecule has 0 aliphatic heterocycles. The number of carbonyl (C=O) groups excluding carboxylic acids is 2. The molecule has 3 rings (SSSR count). The molecule has 3 aromatic rings. The van der Waals surface area contributed by atoms with E-state index >= 15 is 0 Å². The van der Waals surface area contributed by atoms with Crippen molar-refractivity contribution in [1.29, 1.82) is 0 Å². The first-order valence-corrected chi connectivity index (χ1v) is 9.62. The Morgan fingerprint density at radius 2 is 1.33 bits per heavy atom. The van der Waals surface area contributed by atoms with Crippen LogP contribution in [0.4, 0.5) is 4.79 Å². The molecule has 0 aromatic heterocycles. The van der Waals surface area contributed by atoms with E-state index < -0.39 is 18.0 Å². The topological polar surface area (TPSA) is 90.7 Å². The van der Waals surface area contributed by atoms with Gasteiger partial charge in [0.15, 0.2) is 0 Å². The Bertz CT molecular complexity index is 944. The standard InChI is InChI=1S/C24H24N2O4/c25-23(27)22(26-24(28)30-17-20-9-5-2-6-10-20)15-18-11-13-21(14-12-18)29-16-19-7-3-1-4-8-19/h1-14,22H,15-17H2,(H2,25,27)(H,26,28). The van der Waals surface area contributed by atoms with Gasteiger partial charge < -0.3 is 20.5 Å². The number of hydrogen-bond donors (Lipinski definition) is 2. The van der Waals surface area contributed by atoms with Crippen molar-refractivity contribution >= 4 is 12.0 Å². The molecule has 0 saturated carbocycles. The molecular formula is C24H24N2O4. The molecule has 154 valence electrons. The maximum atomic E-state index is 12.0. The van der Waals surface area contributed by atoms with E-state index in [0.717, 1.165) is 16.7 Å². The molecule has 0 fully saturated rings. The highest BCUT2D eigenvalue weighted by Crippen LogP contribution is 2.15. The average molecular weight is 404 g/mol. The Kier molecular flexibility index (Phi) is 7.44. The van der Waals surface area contributed by atoms with E-state index in [-0.39, 0.29) is 13.0 Å². The van der Waals surface area contributed by atoms with Crippen LogP contribution in [0.5, 0.6) is 5.75 Å². The Balaban J connectivity index is 1.50. The van der Waals surface area contributed by atoms with Crippen molar-refractivity contribution in [3.8, 4) is 5.75 Å². The number of carbonyl (C=O) groups is 2. The van der Waals surface area contributed by atoms with Gasteiger partial charge in [0.25, 0.3) is 0 Å². The Morgan fingerprint density at radius 1 is 0.767 bits per heavy atom. The van der Waals surface area contributed by atoms with Gasteiger partial charge in [-0.3, -0.25) is 4.79 Å². The van der Waals surface area contributed by atoms with Crippen LogP contribution in [0.3, 0.4) is 0 Å². The molecule has 3 aromatic carbocycles. The van der Waals surface area contributed by atoms with Crippen molar-refractivity contribution < 1.29 is 19.1 Å². The summed E-state index contributed by atoms with van der Waals surface area (Å²) in [7, 11) is 0. The van der Waals surface area contributed by atoms with Gasteiger partial charge in [-0.1, -0.05) is 72.8 Å². The lowest BCUT2D eigenvalue weighted by molar-refractivity contribution is -0.119. The number of ether oxygens (including phenoxy) is 2. The molecule has 0 heterocycles. The fraction of sp³-hybridized carbons (Fsp3) is 0.167. The molecular weight excluding hydrogens is 380 g/mol. The van der Waals surface area contributed by atoms with Gasteiger partial charge in [0, 0.05) is 6.42 Å². The van der Waals surface area contributed by atoms with E-state index in [9.17, 15) is 9.59 Å². The predicted octanol–water partition coefficient (Wildman–Crippen LogP) is 3.59. The van der Waals surface area contributed by atoms with Crippen molar-refractivity contribution in [1.82, 2.24) is 5.32 Å². The number of benzene rings is 3. The Labute approximate surface area is 175 Å². The van der Waals surface area contributed by atoms with Gasteiger partial charge in [-0.2, -0.15) is 0 Å². The molecule has 0 spiro atoms. The van der Waals surface area contributed by atoms with Crippen LogP contribution >= 0.6 is 0 Å². The van der Waals surface area contributed by atoms with Crippen LogP contribution in [0.2, 0.25) is 0 Å². The summed E-state index contributed by atoms with van der Waals surface area (Å²) >= 11 is 0. The lowest BCUT2D eigenvalue weighted by atomic mass is 10.1. The van der Waals surface area contributed by atoms with E-state index in [1.807, 2.05) is 84.9 Å². The lowest BCUT2D eigenvalue weighted by Crippen LogP contribution is -2.46. The number of alkyl carbamates (subject to hydrolysis) is 1. The molecule has 2 amide bonds. The van der Waals surface area contributed by atoms with Crippen LogP contribution in [0.1, 0.15) is 16.7 Å². The smallest absolute Gasteiger partial charge is 0.408 e. The molecule has 30 heavy (non-hydrogen) atoms. The molecule has 0 radical (unpaired) electrons. The maximum Gasteiger partial charge on any atom is 0.408 e. The minimum atomic E-state index is -0.871. The highest BCUT2D eigenvalue weighted by molar-refractivity contribution is 5.84. The van der Waals surface area contributed by atoms with Crippen molar-refractivity contribution in [2.24, 2.45) is 5.73 Å². The van der Waals surface area contributed by atoms with E-state index in [1.165, 1.54) is 0 Å². The Hall–Kier alpha value is -3.80. The second-order valence-electron chi connectivity index (χ2n) is 6.78. The monoisotopic (exact) mass is 404 g/mol. The van der Waals surface area contributed by atoms with Gasteiger partial charge in [-0.05, 0) is 28.8 Å². The molecule has 3 N–H and O–H groups in total. The van der Waals surface area contributed by atoms with E-state index in [2.05, 4.69) is 5.32 Å². The minimum absolute atomic E-state index is 0.117. The van der Waals surface area contributed by atoms with Crippen LogP contribution in [-0.4, -0.2) is 18.0 Å². The van der Waals surface area contributed by atoms with Crippen LogP contribution in [0.25, 0.3) is 0 Å². The molecule has 6 heteroatoms.